The first-order chi connectivity index (χ1) is 14.5. The summed E-state index contributed by atoms with van der Waals surface area (Å²) >= 11 is 0. The molecule has 0 bridgehead atoms. The van der Waals surface area contributed by atoms with Crippen LogP contribution in [0.3, 0.4) is 0 Å². The van der Waals surface area contributed by atoms with Gasteiger partial charge in [0, 0.05) is 18.0 Å². The van der Waals surface area contributed by atoms with Crippen LogP contribution < -0.4 is 14.8 Å². The Morgan fingerprint density at radius 3 is 2.47 bits per heavy atom. The number of nitrogens with zero attached hydrogens (tertiary/aromatic N) is 1. The van der Waals surface area contributed by atoms with Crippen molar-refractivity contribution >= 4 is 5.91 Å². The number of halogens is 1. The SMILES string of the molecule is CC[C@@H](NC(=O)C1CCN(Cc2ccccc2F)CC1)c1ccc(OC)c(OC)c1. The number of rotatable bonds is 8. The van der Waals surface area contributed by atoms with E-state index in [-0.39, 0.29) is 23.7 Å². The predicted molar refractivity (Wildman–Crippen MR) is 115 cm³/mol. The van der Waals surface area contributed by atoms with Gasteiger partial charge in [-0.2, -0.15) is 0 Å². The maximum atomic E-state index is 13.9. The van der Waals surface area contributed by atoms with Crippen LogP contribution >= 0.6 is 0 Å². The van der Waals surface area contributed by atoms with E-state index in [4.69, 9.17) is 9.47 Å². The quantitative estimate of drug-likeness (QED) is 0.699. The molecule has 30 heavy (non-hydrogen) atoms. The Kier molecular flexibility index (Phi) is 7.69. The summed E-state index contributed by atoms with van der Waals surface area (Å²) in [6, 6.07) is 12.6. The van der Waals surface area contributed by atoms with Crippen LogP contribution in [0.5, 0.6) is 11.5 Å². The zero-order chi connectivity index (χ0) is 21.5. The molecule has 1 aliphatic heterocycles. The molecule has 162 valence electrons. The molecule has 1 N–H and O–H groups in total. The van der Waals surface area contributed by atoms with E-state index in [0.29, 0.717) is 23.6 Å². The van der Waals surface area contributed by atoms with Crippen LogP contribution in [0.25, 0.3) is 0 Å². The Hall–Kier alpha value is -2.60. The molecule has 6 heteroatoms. The number of carbonyl (C=O) groups is 1. The summed E-state index contributed by atoms with van der Waals surface area (Å²) in [5.74, 6) is 1.23. The lowest BCUT2D eigenvalue weighted by atomic mass is 9.94. The Bertz CT molecular complexity index is 850. The number of nitrogens with one attached hydrogen (secondary N) is 1. The molecule has 1 aliphatic rings. The maximum absolute atomic E-state index is 13.9. The van der Waals surface area contributed by atoms with E-state index in [1.165, 1.54) is 6.07 Å². The molecule has 1 fully saturated rings. The molecule has 3 rings (SSSR count). The number of piperidine rings is 1. The molecule has 1 amide bonds. The van der Waals surface area contributed by atoms with Gasteiger partial charge in [0.25, 0.3) is 0 Å². The Labute approximate surface area is 178 Å². The third-order valence-corrected chi connectivity index (χ3v) is 5.84. The highest BCUT2D eigenvalue weighted by atomic mass is 19.1. The van der Waals surface area contributed by atoms with E-state index in [1.807, 2.05) is 30.3 Å². The van der Waals surface area contributed by atoms with Crippen molar-refractivity contribution in [3.8, 4) is 11.5 Å². The number of ether oxygens (including phenoxy) is 2. The van der Waals surface area contributed by atoms with Crippen molar-refractivity contribution < 1.29 is 18.7 Å². The molecular weight excluding hydrogens is 383 g/mol. The summed E-state index contributed by atoms with van der Waals surface area (Å²) in [5.41, 5.74) is 1.71. The topological polar surface area (TPSA) is 50.8 Å². The molecule has 0 saturated carbocycles. The van der Waals surface area contributed by atoms with Crippen molar-refractivity contribution in [3.63, 3.8) is 0 Å². The molecule has 0 spiro atoms. The molecule has 1 saturated heterocycles. The normalized spacial score (nSPS) is 16.1. The number of likely N-dealkylation sites (tertiary alicyclic amines) is 1. The number of carbonyl (C=O) groups excluding carboxylic acids is 1. The second-order valence-electron chi connectivity index (χ2n) is 7.73. The van der Waals surface area contributed by atoms with Gasteiger partial charge >= 0.3 is 0 Å². The summed E-state index contributed by atoms with van der Waals surface area (Å²) in [4.78, 5) is 15.1. The summed E-state index contributed by atoms with van der Waals surface area (Å²) < 4.78 is 24.6. The largest absolute Gasteiger partial charge is 0.493 e. The van der Waals surface area contributed by atoms with Gasteiger partial charge in [0.05, 0.1) is 20.3 Å². The van der Waals surface area contributed by atoms with Gasteiger partial charge in [-0.3, -0.25) is 9.69 Å². The van der Waals surface area contributed by atoms with Gasteiger partial charge in [-0.1, -0.05) is 31.2 Å². The van der Waals surface area contributed by atoms with E-state index < -0.39 is 0 Å². The fourth-order valence-electron chi connectivity index (χ4n) is 4.00. The third-order valence-electron chi connectivity index (χ3n) is 5.84. The standard InChI is InChI=1S/C24H31FN2O3/c1-4-21(18-9-10-22(29-2)23(15-18)30-3)26-24(28)17-11-13-27(14-12-17)16-19-7-5-6-8-20(19)25/h5-10,15,17,21H,4,11-14,16H2,1-3H3,(H,26,28)/t21-/m1/s1. The highest BCUT2D eigenvalue weighted by Gasteiger charge is 2.27. The molecule has 0 aliphatic carbocycles. The average Bonchev–Trinajstić information content (AvgIpc) is 2.78. The van der Waals surface area contributed by atoms with Crippen LogP contribution in [-0.2, 0) is 11.3 Å². The molecular formula is C24H31FN2O3. The monoisotopic (exact) mass is 414 g/mol. The summed E-state index contributed by atoms with van der Waals surface area (Å²) in [6.07, 6.45) is 2.35. The Balaban J connectivity index is 1.56. The molecule has 2 aromatic carbocycles. The predicted octanol–water partition coefficient (Wildman–Crippen LogP) is 4.32. The fraction of sp³-hybridized carbons (Fsp3) is 0.458. The summed E-state index contributed by atoms with van der Waals surface area (Å²) in [7, 11) is 3.21. The maximum Gasteiger partial charge on any atom is 0.223 e. The highest BCUT2D eigenvalue weighted by molar-refractivity contribution is 5.79. The number of amides is 1. The summed E-state index contributed by atoms with van der Waals surface area (Å²) in [6.45, 7) is 4.22. The number of benzene rings is 2. The number of hydrogen-bond donors (Lipinski definition) is 1. The minimum Gasteiger partial charge on any atom is -0.493 e. The Morgan fingerprint density at radius 2 is 1.83 bits per heavy atom. The van der Waals surface area contributed by atoms with E-state index in [2.05, 4.69) is 17.1 Å². The Morgan fingerprint density at radius 1 is 1.13 bits per heavy atom. The van der Waals surface area contributed by atoms with Gasteiger partial charge in [-0.15, -0.1) is 0 Å². The highest BCUT2D eigenvalue weighted by Crippen LogP contribution is 2.31. The molecule has 1 atom stereocenters. The van der Waals surface area contributed by atoms with Gasteiger partial charge in [-0.05, 0) is 56.1 Å². The van der Waals surface area contributed by atoms with Gasteiger partial charge in [0.1, 0.15) is 5.82 Å². The van der Waals surface area contributed by atoms with E-state index in [9.17, 15) is 9.18 Å². The minimum absolute atomic E-state index is 0.0175. The minimum atomic E-state index is -0.168. The van der Waals surface area contributed by atoms with Crippen molar-refractivity contribution in [3.05, 3.63) is 59.4 Å². The lowest BCUT2D eigenvalue weighted by Crippen LogP contribution is -2.41. The fourth-order valence-corrected chi connectivity index (χ4v) is 4.00. The van der Waals surface area contributed by atoms with Gasteiger partial charge < -0.3 is 14.8 Å². The second kappa shape index (κ2) is 10.4. The molecule has 0 aromatic heterocycles. The van der Waals surface area contributed by atoms with Gasteiger partial charge in [0.2, 0.25) is 5.91 Å². The first kappa shape index (κ1) is 22.1. The molecule has 0 radical (unpaired) electrons. The van der Waals surface area contributed by atoms with Crippen LogP contribution in [-0.4, -0.2) is 38.1 Å². The van der Waals surface area contributed by atoms with Gasteiger partial charge in [-0.25, -0.2) is 4.39 Å². The second-order valence-corrected chi connectivity index (χ2v) is 7.73. The summed E-state index contributed by atoms with van der Waals surface area (Å²) in [5, 5.41) is 3.20. The molecule has 1 heterocycles. The lowest BCUT2D eigenvalue weighted by molar-refractivity contribution is -0.127. The van der Waals surface area contributed by atoms with Crippen LogP contribution in [0.4, 0.5) is 4.39 Å². The van der Waals surface area contributed by atoms with E-state index in [0.717, 1.165) is 37.9 Å². The van der Waals surface area contributed by atoms with Crippen LogP contribution in [0, 0.1) is 11.7 Å². The number of hydrogen-bond acceptors (Lipinski definition) is 4. The molecule has 5 nitrogen and oxygen atoms in total. The van der Waals surface area contributed by atoms with E-state index in [1.54, 1.807) is 20.3 Å². The lowest BCUT2D eigenvalue weighted by Gasteiger charge is -2.32. The van der Waals surface area contributed by atoms with Gasteiger partial charge in [0.15, 0.2) is 11.5 Å². The average molecular weight is 415 g/mol. The first-order valence-corrected chi connectivity index (χ1v) is 10.5. The van der Waals surface area contributed by atoms with Crippen LogP contribution in [0.1, 0.15) is 43.4 Å². The van der Waals surface area contributed by atoms with Crippen molar-refractivity contribution in [1.29, 1.82) is 0 Å². The zero-order valence-electron chi connectivity index (χ0n) is 18.0. The van der Waals surface area contributed by atoms with Crippen molar-refractivity contribution in [2.24, 2.45) is 5.92 Å². The van der Waals surface area contributed by atoms with E-state index >= 15 is 0 Å². The number of methoxy groups -OCH3 is 2. The van der Waals surface area contributed by atoms with Crippen molar-refractivity contribution in [1.82, 2.24) is 10.2 Å². The van der Waals surface area contributed by atoms with Crippen LogP contribution in [0.15, 0.2) is 42.5 Å². The molecule has 2 aromatic rings. The zero-order valence-corrected chi connectivity index (χ0v) is 18.0. The first-order valence-electron chi connectivity index (χ1n) is 10.5. The van der Waals surface area contributed by atoms with Crippen molar-refractivity contribution in [2.45, 2.75) is 38.8 Å². The van der Waals surface area contributed by atoms with Crippen LogP contribution in [0.2, 0.25) is 0 Å². The molecule has 0 unspecified atom stereocenters. The van der Waals surface area contributed by atoms with Crippen molar-refractivity contribution in [2.75, 3.05) is 27.3 Å². The smallest absolute Gasteiger partial charge is 0.223 e. The third kappa shape index (κ3) is 5.30.